The van der Waals surface area contributed by atoms with Gasteiger partial charge in [0.2, 0.25) is 5.78 Å². The van der Waals surface area contributed by atoms with Gasteiger partial charge in [-0.15, -0.1) is 0 Å². The minimum Gasteiger partial charge on any atom is -0.508 e. The maximum absolute atomic E-state index is 12.2. The molecule has 0 saturated heterocycles. The molecule has 2 rings (SSSR count). The second kappa shape index (κ2) is 6.11. The first-order valence-corrected chi connectivity index (χ1v) is 6.84. The maximum atomic E-state index is 12.2. The molecular formula is C15H10BrClO3. The van der Waals surface area contributed by atoms with Gasteiger partial charge in [-0.2, -0.15) is 0 Å². The number of hydrogen-bond acceptors (Lipinski definition) is 3. The predicted octanol–water partition coefficient (Wildman–Crippen LogP) is 4.37. The molecule has 0 aliphatic carbocycles. The van der Waals surface area contributed by atoms with Crippen LogP contribution in [0.2, 0.25) is 5.02 Å². The first-order chi connectivity index (χ1) is 9.47. The van der Waals surface area contributed by atoms with Gasteiger partial charge in [0, 0.05) is 5.02 Å². The molecule has 0 radical (unpaired) electrons. The molecule has 3 nitrogen and oxygen atoms in total. The number of carbonyl (C=O) groups is 1. The quantitative estimate of drug-likeness (QED) is 0.489. The van der Waals surface area contributed by atoms with Gasteiger partial charge in [-0.1, -0.05) is 23.7 Å². The number of allylic oxidation sites excluding steroid dienone is 1. The highest BCUT2D eigenvalue weighted by molar-refractivity contribution is 9.12. The average Bonchev–Trinajstić information content (AvgIpc) is 2.43. The molecule has 0 saturated carbocycles. The van der Waals surface area contributed by atoms with Crippen LogP contribution in [0.5, 0.6) is 11.5 Å². The van der Waals surface area contributed by atoms with Crippen molar-refractivity contribution in [2.24, 2.45) is 0 Å². The summed E-state index contributed by atoms with van der Waals surface area (Å²) in [5.41, 5.74) is 0.816. The summed E-state index contributed by atoms with van der Waals surface area (Å²) >= 11 is 8.96. The fraction of sp³-hybridized carbons (Fsp3) is 0. The molecule has 0 fully saturated rings. The summed E-state index contributed by atoms with van der Waals surface area (Å²) in [6, 6.07) is 10.7. The van der Waals surface area contributed by atoms with Crippen LogP contribution in [0.1, 0.15) is 15.9 Å². The molecular weight excluding hydrogens is 344 g/mol. The van der Waals surface area contributed by atoms with E-state index in [2.05, 4.69) is 15.9 Å². The zero-order valence-electron chi connectivity index (χ0n) is 10.2. The van der Waals surface area contributed by atoms with Crippen molar-refractivity contribution in [1.29, 1.82) is 0 Å². The minimum absolute atomic E-state index is 0.0297. The highest BCUT2D eigenvalue weighted by atomic mass is 79.9. The topological polar surface area (TPSA) is 57.5 Å². The van der Waals surface area contributed by atoms with E-state index < -0.39 is 5.78 Å². The summed E-state index contributed by atoms with van der Waals surface area (Å²) in [7, 11) is 0. The first-order valence-electron chi connectivity index (χ1n) is 5.67. The fourth-order valence-corrected chi connectivity index (χ4v) is 2.21. The molecule has 0 heterocycles. The third kappa shape index (κ3) is 3.40. The largest absolute Gasteiger partial charge is 0.508 e. The number of halogens is 2. The van der Waals surface area contributed by atoms with Crippen LogP contribution in [-0.4, -0.2) is 16.0 Å². The van der Waals surface area contributed by atoms with Crippen LogP contribution in [0.3, 0.4) is 0 Å². The Morgan fingerprint density at radius 1 is 1.10 bits per heavy atom. The van der Waals surface area contributed by atoms with Gasteiger partial charge in [-0.05, 0) is 57.9 Å². The van der Waals surface area contributed by atoms with Crippen molar-refractivity contribution >= 4 is 39.4 Å². The molecule has 102 valence electrons. The Labute approximate surface area is 129 Å². The van der Waals surface area contributed by atoms with Crippen LogP contribution >= 0.6 is 27.5 Å². The number of ketones is 1. The maximum Gasteiger partial charge on any atom is 0.203 e. The van der Waals surface area contributed by atoms with Crippen molar-refractivity contribution in [3.63, 3.8) is 0 Å². The Balaban J connectivity index is 2.32. The Morgan fingerprint density at radius 2 is 1.75 bits per heavy atom. The molecule has 0 bridgehead atoms. The molecule has 2 aromatic rings. The van der Waals surface area contributed by atoms with Crippen LogP contribution in [-0.2, 0) is 0 Å². The van der Waals surface area contributed by atoms with Crippen molar-refractivity contribution in [2.45, 2.75) is 0 Å². The first kappa shape index (κ1) is 14.6. The van der Waals surface area contributed by atoms with E-state index in [1.54, 1.807) is 30.3 Å². The SMILES string of the molecule is O=C(/C(Br)=C/c1ccc(Cl)cc1)c1cc(O)ccc1O. The van der Waals surface area contributed by atoms with Crippen LogP contribution in [0, 0.1) is 0 Å². The number of rotatable bonds is 3. The third-order valence-corrected chi connectivity index (χ3v) is 3.45. The number of hydrogen-bond donors (Lipinski definition) is 2. The molecule has 0 spiro atoms. The normalized spacial score (nSPS) is 11.4. The number of Topliss-reactive ketones (excluding diaryl/α,β-unsaturated/α-hetero) is 1. The molecule has 20 heavy (non-hydrogen) atoms. The van der Waals surface area contributed by atoms with Gasteiger partial charge in [0.1, 0.15) is 11.5 Å². The Hall–Kier alpha value is -1.78. The number of aromatic hydroxyl groups is 2. The van der Waals surface area contributed by atoms with Crippen LogP contribution in [0.15, 0.2) is 46.9 Å². The highest BCUT2D eigenvalue weighted by Crippen LogP contribution is 2.27. The lowest BCUT2D eigenvalue weighted by Gasteiger charge is -2.04. The van der Waals surface area contributed by atoms with Gasteiger partial charge in [0.05, 0.1) is 10.0 Å². The van der Waals surface area contributed by atoms with Crippen LogP contribution in [0.4, 0.5) is 0 Å². The summed E-state index contributed by atoms with van der Waals surface area (Å²) in [6.07, 6.45) is 1.61. The highest BCUT2D eigenvalue weighted by Gasteiger charge is 2.15. The lowest BCUT2D eigenvalue weighted by molar-refractivity contribution is 0.104. The summed E-state index contributed by atoms with van der Waals surface area (Å²) in [5.74, 6) is -0.694. The van der Waals surface area contributed by atoms with Gasteiger partial charge in [0.25, 0.3) is 0 Å². The standard InChI is InChI=1S/C15H10BrClO3/c16-13(7-9-1-3-10(17)4-2-9)15(20)12-8-11(18)5-6-14(12)19/h1-8,18-19H/b13-7-. The number of phenolic OH excluding ortho intramolecular Hbond substituents is 2. The summed E-state index contributed by atoms with van der Waals surface area (Å²) in [6.45, 7) is 0. The fourth-order valence-electron chi connectivity index (χ4n) is 1.61. The Bertz CT molecular complexity index is 678. The van der Waals surface area contributed by atoms with Crippen molar-refractivity contribution in [3.8, 4) is 11.5 Å². The predicted molar refractivity (Wildman–Crippen MR) is 82.5 cm³/mol. The van der Waals surface area contributed by atoms with Crippen molar-refractivity contribution in [1.82, 2.24) is 0 Å². The molecule has 0 atom stereocenters. The number of benzene rings is 2. The molecule has 5 heteroatoms. The van der Waals surface area contributed by atoms with E-state index in [0.717, 1.165) is 5.56 Å². The van der Waals surface area contributed by atoms with E-state index in [-0.39, 0.29) is 21.5 Å². The van der Waals surface area contributed by atoms with E-state index in [0.29, 0.717) is 5.02 Å². The molecule has 2 aromatic carbocycles. The Kier molecular flexibility index (Phi) is 4.47. The molecule has 2 N–H and O–H groups in total. The van der Waals surface area contributed by atoms with Crippen molar-refractivity contribution in [2.75, 3.05) is 0 Å². The third-order valence-electron chi connectivity index (χ3n) is 2.61. The van der Waals surface area contributed by atoms with Gasteiger partial charge in [-0.25, -0.2) is 0 Å². The van der Waals surface area contributed by atoms with E-state index in [1.807, 2.05) is 0 Å². The lowest BCUT2D eigenvalue weighted by atomic mass is 10.1. The second-order valence-corrected chi connectivity index (χ2v) is 5.37. The molecule has 0 aliphatic heterocycles. The molecule has 0 unspecified atom stereocenters. The van der Waals surface area contributed by atoms with Crippen LogP contribution < -0.4 is 0 Å². The summed E-state index contributed by atoms with van der Waals surface area (Å²) < 4.78 is 0.265. The molecule has 0 aliphatic rings. The molecule has 0 amide bonds. The monoisotopic (exact) mass is 352 g/mol. The zero-order chi connectivity index (χ0) is 14.7. The van der Waals surface area contributed by atoms with Crippen LogP contribution in [0.25, 0.3) is 6.08 Å². The van der Waals surface area contributed by atoms with E-state index >= 15 is 0 Å². The summed E-state index contributed by atoms with van der Waals surface area (Å²) in [4.78, 5) is 12.2. The van der Waals surface area contributed by atoms with E-state index in [4.69, 9.17) is 11.6 Å². The lowest BCUT2D eigenvalue weighted by Crippen LogP contribution is -1.99. The van der Waals surface area contributed by atoms with Gasteiger partial charge < -0.3 is 10.2 Å². The van der Waals surface area contributed by atoms with E-state index in [9.17, 15) is 15.0 Å². The Morgan fingerprint density at radius 3 is 2.40 bits per heavy atom. The second-order valence-electron chi connectivity index (χ2n) is 4.07. The summed E-state index contributed by atoms with van der Waals surface area (Å²) in [5, 5.41) is 19.6. The average molecular weight is 354 g/mol. The van der Waals surface area contributed by atoms with Gasteiger partial charge in [0.15, 0.2) is 0 Å². The minimum atomic E-state index is -0.423. The van der Waals surface area contributed by atoms with Gasteiger partial charge >= 0.3 is 0 Å². The zero-order valence-corrected chi connectivity index (χ0v) is 12.5. The number of phenols is 2. The van der Waals surface area contributed by atoms with Crippen molar-refractivity contribution in [3.05, 3.63) is 63.1 Å². The smallest absolute Gasteiger partial charge is 0.203 e. The van der Waals surface area contributed by atoms with Gasteiger partial charge in [-0.3, -0.25) is 4.79 Å². The van der Waals surface area contributed by atoms with E-state index in [1.165, 1.54) is 18.2 Å². The van der Waals surface area contributed by atoms with Crippen molar-refractivity contribution < 1.29 is 15.0 Å². The molecule has 0 aromatic heterocycles. The number of carbonyl (C=O) groups excluding carboxylic acids is 1.